The van der Waals surface area contributed by atoms with Crippen LogP contribution in [0, 0.1) is 5.92 Å². The van der Waals surface area contributed by atoms with Crippen molar-refractivity contribution in [3.05, 3.63) is 0 Å². The van der Waals surface area contributed by atoms with Crippen LogP contribution in [0.4, 0.5) is 0 Å². The molecule has 0 amide bonds. The highest BCUT2D eigenvalue weighted by Crippen LogP contribution is 1.94. The highest BCUT2D eigenvalue weighted by Gasteiger charge is 2.07. The molecule has 0 aromatic rings. The van der Waals surface area contributed by atoms with Gasteiger partial charge in [-0.15, -0.1) is 0 Å². The molecule has 0 spiro atoms. The Morgan fingerprint density at radius 3 is 2.33 bits per heavy atom. The number of rotatable bonds is 9. The quantitative estimate of drug-likeness (QED) is 0.597. The molecule has 4 heteroatoms. The number of methoxy groups -OCH3 is 1. The first-order valence-corrected chi connectivity index (χ1v) is 5.55. The van der Waals surface area contributed by atoms with Crippen molar-refractivity contribution in [1.29, 1.82) is 0 Å². The molecule has 0 aliphatic carbocycles. The normalized spacial score (nSPS) is 15.6. The first-order chi connectivity index (χ1) is 7.06. The summed E-state index contributed by atoms with van der Waals surface area (Å²) in [5, 5.41) is 12.7. The highest BCUT2D eigenvalue weighted by atomic mass is 16.5. The molecule has 0 aromatic carbocycles. The summed E-state index contributed by atoms with van der Waals surface area (Å²) in [5.74, 6) is 0.602. The standard InChI is InChI=1S/C11H25NO3/c1-9(2)5-12-6-11(13)8-15-10(3)7-14-4/h9-13H,5-8H2,1-4H3. The van der Waals surface area contributed by atoms with Gasteiger partial charge in [-0.2, -0.15) is 0 Å². The second-order valence-electron chi connectivity index (χ2n) is 4.31. The summed E-state index contributed by atoms with van der Waals surface area (Å²) in [7, 11) is 1.64. The Hall–Kier alpha value is -0.160. The Morgan fingerprint density at radius 2 is 1.80 bits per heavy atom. The van der Waals surface area contributed by atoms with Crippen molar-refractivity contribution in [3.63, 3.8) is 0 Å². The van der Waals surface area contributed by atoms with Crippen molar-refractivity contribution >= 4 is 0 Å². The van der Waals surface area contributed by atoms with Crippen LogP contribution < -0.4 is 5.32 Å². The predicted octanol–water partition coefficient (Wildman–Crippen LogP) is 0.644. The lowest BCUT2D eigenvalue weighted by Crippen LogP contribution is -2.34. The van der Waals surface area contributed by atoms with E-state index < -0.39 is 6.10 Å². The third-order valence-corrected chi connectivity index (χ3v) is 1.91. The van der Waals surface area contributed by atoms with Crippen molar-refractivity contribution in [3.8, 4) is 0 Å². The van der Waals surface area contributed by atoms with E-state index in [1.165, 1.54) is 0 Å². The van der Waals surface area contributed by atoms with Gasteiger partial charge in [0.25, 0.3) is 0 Å². The van der Waals surface area contributed by atoms with Crippen LogP contribution in [0.1, 0.15) is 20.8 Å². The van der Waals surface area contributed by atoms with Crippen LogP contribution in [0.5, 0.6) is 0 Å². The van der Waals surface area contributed by atoms with Gasteiger partial charge < -0.3 is 19.9 Å². The summed E-state index contributed by atoms with van der Waals surface area (Å²) in [6.07, 6.45) is -0.405. The number of nitrogens with one attached hydrogen (secondary N) is 1. The van der Waals surface area contributed by atoms with Gasteiger partial charge in [-0.25, -0.2) is 0 Å². The van der Waals surface area contributed by atoms with E-state index in [4.69, 9.17) is 9.47 Å². The minimum absolute atomic E-state index is 0.0368. The fraction of sp³-hybridized carbons (Fsp3) is 1.00. The predicted molar refractivity (Wildman–Crippen MR) is 61.0 cm³/mol. The minimum atomic E-state index is -0.442. The molecule has 0 heterocycles. The van der Waals surface area contributed by atoms with E-state index in [1.807, 2.05) is 6.92 Å². The molecular weight excluding hydrogens is 194 g/mol. The molecule has 2 N–H and O–H groups in total. The summed E-state index contributed by atoms with van der Waals surface area (Å²) in [5.41, 5.74) is 0. The van der Waals surface area contributed by atoms with Gasteiger partial charge in [-0.3, -0.25) is 0 Å². The Balaban J connectivity index is 3.36. The molecule has 0 fully saturated rings. The van der Waals surface area contributed by atoms with Crippen molar-refractivity contribution < 1.29 is 14.6 Å². The molecule has 2 unspecified atom stereocenters. The van der Waals surface area contributed by atoms with Gasteiger partial charge in [0.1, 0.15) is 0 Å². The van der Waals surface area contributed by atoms with Crippen LogP contribution in [-0.2, 0) is 9.47 Å². The molecule has 0 saturated carbocycles. The van der Waals surface area contributed by atoms with Crippen molar-refractivity contribution in [2.75, 3.05) is 33.4 Å². The summed E-state index contributed by atoms with van der Waals surface area (Å²) >= 11 is 0. The fourth-order valence-electron chi connectivity index (χ4n) is 1.16. The van der Waals surface area contributed by atoms with Gasteiger partial charge in [-0.1, -0.05) is 13.8 Å². The molecule has 15 heavy (non-hydrogen) atoms. The van der Waals surface area contributed by atoms with E-state index in [9.17, 15) is 5.11 Å². The van der Waals surface area contributed by atoms with E-state index in [0.29, 0.717) is 25.7 Å². The zero-order valence-corrected chi connectivity index (χ0v) is 10.3. The maximum atomic E-state index is 9.55. The zero-order valence-electron chi connectivity index (χ0n) is 10.3. The van der Waals surface area contributed by atoms with Crippen LogP contribution in [0.3, 0.4) is 0 Å². The number of hydrogen-bond acceptors (Lipinski definition) is 4. The largest absolute Gasteiger partial charge is 0.389 e. The van der Waals surface area contributed by atoms with Crippen molar-refractivity contribution in [1.82, 2.24) is 5.32 Å². The monoisotopic (exact) mass is 219 g/mol. The highest BCUT2D eigenvalue weighted by molar-refractivity contribution is 4.60. The maximum absolute atomic E-state index is 9.55. The molecule has 0 saturated heterocycles. The van der Waals surface area contributed by atoms with Gasteiger partial charge in [0.2, 0.25) is 0 Å². The molecule has 0 bridgehead atoms. The number of aliphatic hydroxyl groups is 1. The summed E-state index contributed by atoms with van der Waals surface area (Å²) in [6, 6.07) is 0. The maximum Gasteiger partial charge on any atom is 0.0897 e. The second-order valence-corrected chi connectivity index (χ2v) is 4.31. The van der Waals surface area contributed by atoms with E-state index in [1.54, 1.807) is 7.11 Å². The summed E-state index contributed by atoms with van der Waals surface area (Å²) in [4.78, 5) is 0. The average Bonchev–Trinajstić information content (AvgIpc) is 2.14. The van der Waals surface area contributed by atoms with Gasteiger partial charge in [0, 0.05) is 13.7 Å². The topological polar surface area (TPSA) is 50.7 Å². The van der Waals surface area contributed by atoms with Crippen molar-refractivity contribution in [2.45, 2.75) is 33.0 Å². The Kier molecular flexibility index (Phi) is 9.00. The lowest BCUT2D eigenvalue weighted by atomic mass is 10.2. The third kappa shape index (κ3) is 10.1. The average molecular weight is 219 g/mol. The first kappa shape index (κ1) is 14.8. The van der Waals surface area contributed by atoms with E-state index in [-0.39, 0.29) is 6.10 Å². The Bertz CT molecular complexity index is 142. The molecule has 0 aromatic heterocycles. The van der Waals surface area contributed by atoms with Gasteiger partial charge >= 0.3 is 0 Å². The molecule has 0 aliphatic heterocycles. The first-order valence-electron chi connectivity index (χ1n) is 5.55. The SMILES string of the molecule is COCC(C)OCC(O)CNCC(C)C. The van der Waals surface area contributed by atoms with E-state index in [0.717, 1.165) is 6.54 Å². The molecule has 2 atom stereocenters. The molecule has 4 nitrogen and oxygen atoms in total. The van der Waals surface area contributed by atoms with Crippen LogP contribution >= 0.6 is 0 Å². The van der Waals surface area contributed by atoms with E-state index in [2.05, 4.69) is 19.2 Å². The van der Waals surface area contributed by atoms with Crippen molar-refractivity contribution in [2.24, 2.45) is 5.92 Å². The number of hydrogen-bond donors (Lipinski definition) is 2. The van der Waals surface area contributed by atoms with E-state index >= 15 is 0 Å². The Labute approximate surface area is 93.0 Å². The van der Waals surface area contributed by atoms with Crippen LogP contribution in [0.25, 0.3) is 0 Å². The molecular formula is C11H25NO3. The van der Waals surface area contributed by atoms with Crippen LogP contribution in [-0.4, -0.2) is 50.7 Å². The minimum Gasteiger partial charge on any atom is -0.389 e. The summed E-state index contributed by atoms with van der Waals surface area (Å²) < 4.78 is 10.3. The lowest BCUT2D eigenvalue weighted by molar-refractivity contribution is -0.0311. The smallest absolute Gasteiger partial charge is 0.0897 e. The van der Waals surface area contributed by atoms with Crippen LogP contribution in [0.2, 0.25) is 0 Å². The number of ether oxygens (including phenoxy) is 2. The second kappa shape index (κ2) is 9.09. The fourth-order valence-corrected chi connectivity index (χ4v) is 1.16. The number of aliphatic hydroxyl groups excluding tert-OH is 1. The van der Waals surface area contributed by atoms with Gasteiger partial charge in [0.15, 0.2) is 0 Å². The molecule has 92 valence electrons. The summed E-state index contributed by atoms with van der Waals surface area (Å²) in [6.45, 7) is 8.62. The molecule has 0 rings (SSSR count). The third-order valence-electron chi connectivity index (χ3n) is 1.91. The molecule has 0 radical (unpaired) electrons. The molecule has 0 aliphatic rings. The van der Waals surface area contributed by atoms with Crippen LogP contribution in [0.15, 0.2) is 0 Å². The van der Waals surface area contributed by atoms with Gasteiger partial charge in [-0.05, 0) is 19.4 Å². The van der Waals surface area contributed by atoms with Gasteiger partial charge in [0.05, 0.1) is 25.4 Å². The lowest BCUT2D eigenvalue weighted by Gasteiger charge is -2.16. The zero-order chi connectivity index (χ0) is 11.7. The Morgan fingerprint density at radius 1 is 1.13 bits per heavy atom.